The highest BCUT2D eigenvalue weighted by Gasteiger charge is 2.29. The maximum absolute atomic E-state index is 14.5. The molecule has 0 fully saturated rings. The molecule has 2 atom stereocenters. The normalized spacial score (nSPS) is 12.7. The van der Waals surface area contributed by atoms with Gasteiger partial charge < -0.3 is 10.0 Å². The van der Waals surface area contributed by atoms with Crippen LogP contribution in [0.2, 0.25) is 0 Å². The average molecular weight is 750 g/mol. The summed E-state index contributed by atoms with van der Waals surface area (Å²) in [5.74, 6) is -1.52. The number of aromatic nitrogens is 2. The zero-order valence-corrected chi connectivity index (χ0v) is 33.8. The number of thiazole rings is 1. The Morgan fingerprint density at radius 2 is 1.54 bits per heavy atom. The van der Waals surface area contributed by atoms with Gasteiger partial charge in [0.2, 0.25) is 11.8 Å². The summed E-state index contributed by atoms with van der Waals surface area (Å²) in [7, 11) is 0. The molecule has 2 aromatic carbocycles. The van der Waals surface area contributed by atoms with Crippen LogP contribution in [0.25, 0.3) is 23.9 Å². The Hall–Kier alpha value is -5.01. The van der Waals surface area contributed by atoms with Crippen LogP contribution in [0.15, 0.2) is 53.3 Å². The van der Waals surface area contributed by atoms with Crippen molar-refractivity contribution in [1.82, 2.24) is 9.66 Å². The maximum atomic E-state index is 14.5. The summed E-state index contributed by atoms with van der Waals surface area (Å²) >= 11 is 1.48. The van der Waals surface area contributed by atoms with Gasteiger partial charge in [-0.15, -0.1) is 0 Å². The van der Waals surface area contributed by atoms with Crippen molar-refractivity contribution in [1.29, 1.82) is 5.26 Å². The van der Waals surface area contributed by atoms with Gasteiger partial charge in [-0.25, -0.2) is 4.98 Å². The fourth-order valence-corrected chi connectivity index (χ4v) is 8.02. The highest BCUT2D eigenvalue weighted by atomic mass is 32.1. The van der Waals surface area contributed by atoms with Crippen molar-refractivity contribution in [2.24, 2.45) is 11.8 Å². The first-order chi connectivity index (χ1) is 25.9. The monoisotopic (exact) mass is 749 g/mol. The van der Waals surface area contributed by atoms with E-state index in [2.05, 4.69) is 39.2 Å². The van der Waals surface area contributed by atoms with E-state index in [4.69, 9.17) is 4.98 Å². The molecule has 286 valence electrons. The van der Waals surface area contributed by atoms with Crippen LogP contribution in [-0.2, 0) is 4.79 Å². The van der Waals surface area contributed by atoms with Gasteiger partial charge in [0.1, 0.15) is 11.6 Å². The molecule has 0 bridgehead atoms. The molecular formula is C44H55N5O4S. The number of nitrogens with zero attached hydrogens (tertiary/aromatic N) is 5. The minimum Gasteiger partial charge on any atom is -0.492 e. The summed E-state index contributed by atoms with van der Waals surface area (Å²) in [5, 5.41) is 22.9. The number of carbonyl (C=O) groups excluding carboxylic acids is 2. The lowest BCUT2D eigenvalue weighted by Crippen LogP contribution is -2.56. The third-order valence-corrected chi connectivity index (χ3v) is 11.3. The van der Waals surface area contributed by atoms with Crippen LogP contribution in [0.4, 0.5) is 5.13 Å². The molecule has 54 heavy (non-hydrogen) atoms. The number of anilines is 1. The molecule has 2 amide bonds. The van der Waals surface area contributed by atoms with Crippen LogP contribution in [0.3, 0.4) is 0 Å². The molecule has 2 unspecified atom stereocenters. The van der Waals surface area contributed by atoms with Gasteiger partial charge in [0.05, 0.1) is 15.8 Å². The Morgan fingerprint density at radius 3 is 2.04 bits per heavy atom. The van der Waals surface area contributed by atoms with Gasteiger partial charge >= 0.3 is 0 Å². The first-order valence-corrected chi connectivity index (χ1v) is 20.0. The van der Waals surface area contributed by atoms with Crippen LogP contribution in [0, 0.1) is 37.0 Å². The number of carbonyl (C=O) groups is 2. The lowest BCUT2D eigenvalue weighted by Gasteiger charge is -2.30. The van der Waals surface area contributed by atoms with E-state index in [-0.39, 0.29) is 21.6 Å². The number of aromatic hydroxyl groups is 1. The minimum atomic E-state index is -0.869. The summed E-state index contributed by atoms with van der Waals surface area (Å²) in [6.07, 6.45) is 10.6. The highest BCUT2D eigenvalue weighted by Crippen LogP contribution is 2.38. The predicted molar refractivity (Wildman–Crippen MR) is 221 cm³/mol. The summed E-state index contributed by atoms with van der Waals surface area (Å²) in [5.41, 5.74) is 2.60. The number of imide groups is 1. The van der Waals surface area contributed by atoms with E-state index in [1.165, 1.54) is 23.5 Å². The molecule has 4 rings (SSSR count). The molecule has 1 N–H and O–H groups in total. The predicted octanol–water partition coefficient (Wildman–Crippen LogP) is 7.97. The Morgan fingerprint density at radius 1 is 0.963 bits per heavy atom. The number of amides is 2. The van der Waals surface area contributed by atoms with Gasteiger partial charge in [-0.05, 0) is 67.9 Å². The van der Waals surface area contributed by atoms with Crippen molar-refractivity contribution in [2.75, 3.05) is 23.0 Å². The van der Waals surface area contributed by atoms with Crippen molar-refractivity contribution in [3.05, 3.63) is 96.5 Å². The smallest absolute Gasteiger partial charge is 0.280 e. The van der Waals surface area contributed by atoms with Crippen molar-refractivity contribution >= 4 is 40.9 Å². The van der Waals surface area contributed by atoms with Crippen molar-refractivity contribution in [3.63, 3.8) is 0 Å². The van der Waals surface area contributed by atoms with E-state index in [1.54, 1.807) is 24.3 Å². The largest absolute Gasteiger partial charge is 0.492 e. The molecule has 4 aromatic rings. The fraction of sp³-hybridized carbons (Fsp3) is 0.432. The van der Waals surface area contributed by atoms with Gasteiger partial charge in [0, 0.05) is 36.4 Å². The number of unbranched alkanes of at least 4 members (excludes halogenated alkanes) is 2. The number of pyridine rings is 1. The molecule has 0 saturated carbocycles. The number of aryl methyl sites for hydroxylation is 2. The molecule has 0 aliphatic heterocycles. The lowest BCUT2D eigenvalue weighted by atomic mass is 9.96. The molecule has 2 aromatic heterocycles. The third kappa shape index (κ3) is 9.37. The molecule has 0 radical (unpaired) electrons. The molecule has 0 spiro atoms. The van der Waals surface area contributed by atoms with Crippen LogP contribution in [0.5, 0.6) is 5.88 Å². The van der Waals surface area contributed by atoms with Gasteiger partial charge in [-0.3, -0.25) is 14.4 Å². The summed E-state index contributed by atoms with van der Waals surface area (Å²) in [6.45, 7) is 19.9. The SMILES string of the molecule is C=c1c(C#N)c(O)n(N(C(C)=O)C(=O)c2ccccc2)c(=O)/c1=C\c1sc(N(CC(CC)CCCC)CC(CC)CCCC)nc1-c1c(C)cccc1C. The fourth-order valence-electron chi connectivity index (χ4n) is 6.98. The number of nitriles is 1. The summed E-state index contributed by atoms with van der Waals surface area (Å²) in [6, 6.07) is 16.0. The van der Waals surface area contributed by atoms with Crippen LogP contribution in [-0.4, -0.2) is 39.7 Å². The highest BCUT2D eigenvalue weighted by molar-refractivity contribution is 7.16. The van der Waals surface area contributed by atoms with Crippen molar-refractivity contribution < 1.29 is 14.7 Å². The van der Waals surface area contributed by atoms with Gasteiger partial charge in [0.15, 0.2) is 5.13 Å². The Labute approximate surface area is 323 Å². The van der Waals surface area contributed by atoms with E-state index in [0.29, 0.717) is 32.1 Å². The number of hydrogen-bond acceptors (Lipinski definition) is 8. The molecule has 10 heteroatoms. The second kappa shape index (κ2) is 19.4. The third-order valence-electron chi connectivity index (χ3n) is 10.2. The van der Waals surface area contributed by atoms with E-state index >= 15 is 0 Å². The topological polar surface area (TPSA) is 120 Å². The van der Waals surface area contributed by atoms with Crippen molar-refractivity contribution in [3.8, 4) is 23.2 Å². The number of rotatable bonds is 17. The quantitative estimate of drug-likeness (QED) is 0.116. The molecular weight excluding hydrogens is 695 g/mol. The summed E-state index contributed by atoms with van der Waals surface area (Å²) in [4.78, 5) is 49.8. The zero-order valence-electron chi connectivity index (χ0n) is 32.9. The van der Waals surface area contributed by atoms with E-state index in [1.807, 2.05) is 38.1 Å². The van der Waals surface area contributed by atoms with Gasteiger partial charge in [0.25, 0.3) is 11.5 Å². The van der Waals surface area contributed by atoms with Gasteiger partial charge in [-0.1, -0.05) is 121 Å². The molecule has 2 heterocycles. The molecule has 0 saturated heterocycles. The van der Waals surface area contributed by atoms with E-state index in [0.717, 1.165) is 93.2 Å². The van der Waals surface area contributed by atoms with Crippen LogP contribution in [0.1, 0.15) is 118 Å². The lowest BCUT2D eigenvalue weighted by molar-refractivity contribution is -0.117. The number of benzene rings is 2. The average Bonchev–Trinajstić information content (AvgIpc) is 3.57. The number of hydrogen-bond donors (Lipinski definition) is 1. The maximum Gasteiger partial charge on any atom is 0.280 e. The van der Waals surface area contributed by atoms with E-state index in [9.17, 15) is 24.8 Å². The first kappa shape index (κ1) is 41.7. The molecule has 9 nitrogen and oxygen atoms in total. The second-order valence-corrected chi connectivity index (χ2v) is 15.2. The Bertz CT molecular complexity index is 2110. The second-order valence-electron chi connectivity index (χ2n) is 14.2. The minimum absolute atomic E-state index is 0.0117. The first-order valence-electron chi connectivity index (χ1n) is 19.2. The zero-order chi connectivity index (χ0) is 39.5. The Balaban J connectivity index is 2.05. The van der Waals surface area contributed by atoms with E-state index < -0.39 is 23.3 Å². The molecule has 0 aliphatic rings. The van der Waals surface area contributed by atoms with Crippen LogP contribution >= 0.6 is 11.3 Å². The van der Waals surface area contributed by atoms with Crippen LogP contribution < -0.4 is 25.9 Å². The Kier molecular flexibility index (Phi) is 15.0. The van der Waals surface area contributed by atoms with Gasteiger partial charge in [-0.2, -0.15) is 14.9 Å². The summed E-state index contributed by atoms with van der Waals surface area (Å²) < 4.78 is 0.586. The molecule has 0 aliphatic carbocycles. The standard InChI is InChI=1S/C44H55N5O4S/c1-9-13-21-33(11-3)27-47(28-34(12-4)22-14-10-2)44-46-40(39-29(5)19-18-20-30(39)6)38(54-44)25-36-31(7)37(26-45)43(53)49(42(36)52)48(32(8)50)41(51)35-23-16-15-17-24-35/h15-20,23-25,33-34,53H,7,9-14,21-22,27-28H2,1-6,8H3/b36-25-. The van der Waals surface area contributed by atoms with Crippen molar-refractivity contribution in [2.45, 2.75) is 99.8 Å².